The van der Waals surface area contributed by atoms with Gasteiger partial charge in [0.1, 0.15) is 9.88 Å². The molecule has 0 aromatic carbocycles. The highest BCUT2D eigenvalue weighted by atomic mass is 32.1. The second-order valence-corrected chi connectivity index (χ2v) is 6.14. The predicted molar refractivity (Wildman–Crippen MR) is 78.7 cm³/mol. The molecule has 2 aromatic rings. The number of aryl methyl sites for hydroxylation is 2. The van der Waals surface area contributed by atoms with Gasteiger partial charge in [-0.1, -0.05) is 6.92 Å². The number of aromatic nitrogens is 1. The van der Waals surface area contributed by atoms with Crippen LogP contribution in [-0.4, -0.2) is 22.0 Å². The largest absolute Gasteiger partial charge is 0.477 e. The normalized spacial score (nSPS) is 10.5. The maximum absolute atomic E-state index is 12.0. The highest BCUT2D eigenvalue weighted by molar-refractivity contribution is 7.13. The van der Waals surface area contributed by atoms with Crippen LogP contribution in [0, 0.1) is 6.92 Å². The van der Waals surface area contributed by atoms with Crippen molar-refractivity contribution < 1.29 is 14.7 Å². The molecule has 20 heavy (non-hydrogen) atoms. The van der Waals surface area contributed by atoms with Crippen LogP contribution in [0.4, 0.5) is 0 Å². The molecule has 0 aliphatic rings. The summed E-state index contributed by atoms with van der Waals surface area (Å²) in [6.45, 7) is 3.90. The van der Waals surface area contributed by atoms with Crippen LogP contribution in [0.15, 0.2) is 11.4 Å². The summed E-state index contributed by atoms with van der Waals surface area (Å²) in [5.74, 6) is -1.12. The van der Waals surface area contributed by atoms with E-state index >= 15 is 0 Å². The van der Waals surface area contributed by atoms with Crippen molar-refractivity contribution in [1.29, 1.82) is 0 Å². The zero-order chi connectivity index (χ0) is 14.7. The zero-order valence-corrected chi connectivity index (χ0v) is 12.7. The first-order valence-electron chi connectivity index (χ1n) is 6.07. The third kappa shape index (κ3) is 3.05. The summed E-state index contributed by atoms with van der Waals surface area (Å²) in [7, 11) is 0. The summed E-state index contributed by atoms with van der Waals surface area (Å²) in [5.41, 5.74) is 1.51. The van der Waals surface area contributed by atoms with Gasteiger partial charge in [-0.15, -0.1) is 22.7 Å². The molecule has 2 N–H and O–H groups in total. The molecular formula is C13H14N2O3S2. The topological polar surface area (TPSA) is 79.3 Å². The van der Waals surface area contributed by atoms with E-state index in [1.807, 2.05) is 18.4 Å². The molecule has 0 radical (unpaired) electrons. The van der Waals surface area contributed by atoms with Gasteiger partial charge in [-0.05, 0) is 30.4 Å². The van der Waals surface area contributed by atoms with Gasteiger partial charge in [0, 0.05) is 0 Å². The number of aromatic carboxylic acids is 1. The molecule has 1 amide bonds. The molecule has 0 saturated carbocycles. The molecule has 2 rings (SSSR count). The molecule has 106 valence electrons. The highest BCUT2D eigenvalue weighted by Crippen LogP contribution is 2.19. The number of amides is 1. The maximum Gasteiger partial charge on any atom is 0.347 e. The first-order valence-corrected chi connectivity index (χ1v) is 7.76. The molecule has 0 spiro atoms. The van der Waals surface area contributed by atoms with E-state index in [-0.39, 0.29) is 17.3 Å². The predicted octanol–water partition coefficient (Wildman–Crippen LogP) is 2.70. The monoisotopic (exact) mass is 310 g/mol. The van der Waals surface area contributed by atoms with E-state index in [1.165, 1.54) is 11.3 Å². The van der Waals surface area contributed by atoms with E-state index in [4.69, 9.17) is 5.11 Å². The number of nitrogens with zero attached hydrogens (tertiary/aromatic N) is 1. The number of carboxylic acids is 1. The van der Waals surface area contributed by atoms with Crippen molar-refractivity contribution in [3.8, 4) is 0 Å². The van der Waals surface area contributed by atoms with Crippen LogP contribution in [0.2, 0.25) is 0 Å². The van der Waals surface area contributed by atoms with Gasteiger partial charge in [0.2, 0.25) is 0 Å². The third-order valence-corrected chi connectivity index (χ3v) is 4.87. The molecule has 7 heteroatoms. The summed E-state index contributed by atoms with van der Waals surface area (Å²) in [4.78, 5) is 28.1. The molecule has 2 aromatic heterocycles. The Hall–Kier alpha value is -1.73. The van der Waals surface area contributed by atoms with Gasteiger partial charge in [-0.3, -0.25) is 4.79 Å². The number of nitrogens with one attached hydrogen (secondary N) is 1. The van der Waals surface area contributed by atoms with Gasteiger partial charge in [0.15, 0.2) is 0 Å². The van der Waals surface area contributed by atoms with Gasteiger partial charge in [-0.2, -0.15) is 0 Å². The van der Waals surface area contributed by atoms with Crippen molar-refractivity contribution in [2.75, 3.05) is 0 Å². The van der Waals surface area contributed by atoms with Crippen molar-refractivity contribution in [2.45, 2.75) is 26.8 Å². The molecule has 0 atom stereocenters. The number of hydrogen-bond donors (Lipinski definition) is 2. The fourth-order valence-corrected chi connectivity index (χ4v) is 3.53. The van der Waals surface area contributed by atoms with Crippen molar-refractivity contribution in [1.82, 2.24) is 10.3 Å². The maximum atomic E-state index is 12.0. The van der Waals surface area contributed by atoms with Gasteiger partial charge in [0.05, 0.1) is 17.1 Å². The van der Waals surface area contributed by atoms with Crippen LogP contribution >= 0.6 is 22.7 Å². The van der Waals surface area contributed by atoms with Crippen LogP contribution in [0.3, 0.4) is 0 Å². The molecule has 0 saturated heterocycles. The molecule has 0 bridgehead atoms. The Kier molecular flexibility index (Phi) is 4.51. The van der Waals surface area contributed by atoms with E-state index in [1.54, 1.807) is 6.92 Å². The molecule has 0 unspecified atom stereocenters. The quantitative estimate of drug-likeness (QED) is 0.890. The Balaban J connectivity index is 2.04. The Morgan fingerprint density at radius 2 is 2.15 bits per heavy atom. The summed E-state index contributed by atoms with van der Waals surface area (Å²) in [5, 5.41) is 14.2. The average Bonchev–Trinajstić information content (AvgIpc) is 3.01. The second-order valence-electron chi connectivity index (χ2n) is 4.14. The highest BCUT2D eigenvalue weighted by Gasteiger charge is 2.16. The third-order valence-electron chi connectivity index (χ3n) is 2.77. The summed E-state index contributed by atoms with van der Waals surface area (Å²) in [6.07, 6.45) is 0.811. The van der Waals surface area contributed by atoms with Crippen molar-refractivity contribution in [3.63, 3.8) is 0 Å². The lowest BCUT2D eigenvalue weighted by Crippen LogP contribution is -2.22. The molecular weight excluding hydrogens is 296 g/mol. The van der Waals surface area contributed by atoms with E-state index in [9.17, 15) is 9.59 Å². The van der Waals surface area contributed by atoms with Crippen molar-refractivity contribution in [2.24, 2.45) is 0 Å². The average molecular weight is 310 g/mol. The lowest BCUT2D eigenvalue weighted by molar-refractivity contribution is 0.0701. The van der Waals surface area contributed by atoms with Gasteiger partial charge < -0.3 is 10.4 Å². The van der Waals surface area contributed by atoms with E-state index in [0.29, 0.717) is 15.6 Å². The lowest BCUT2D eigenvalue weighted by atomic mass is 10.2. The lowest BCUT2D eigenvalue weighted by Gasteiger charge is -2.02. The molecule has 2 heterocycles. The van der Waals surface area contributed by atoms with Crippen molar-refractivity contribution >= 4 is 34.6 Å². The van der Waals surface area contributed by atoms with Gasteiger partial charge in [0.25, 0.3) is 5.91 Å². The fraction of sp³-hybridized carbons (Fsp3) is 0.308. The van der Waals surface area contributed by atoms with E-state index < -0.39 is 5.97 Å². The number of hydrogen-bond acceptors (Lipinski definition) is 5. The van der Waals surface area contributed by atoms with Crippen LogP contribution < -0.4 is 5.32 Å². The minimum absolute atomic E-state index is 0.137. The molecule has 0 aliphatic carbocycles. The minimum Gasteiger partial charge on any atom is -0.477 e. The van der Waals surface area contributed by atoms with Gasteiger partial charge >= 0.3 is 5.97 Å². The molecule has 5 nitrogen and oxygen atoms in total. The summed E-state index contributed by atoms with van der Waals surface area (Å²) < 4.78 is 0. The SMILES string of the molecule is CCc1ccsc1C(=O)NCc1nc(C)c(C(=O)O)s1. The van der Waals surface area contributed by atoms with Crippen LogP contribution in [0.5, 0.6) is 0 Å². The first-order chi connectivity index (χ1) is 9.52. The number of thiazole rings is 1. The number of carboxylic acid groups (broad SMARTS) is 1. The van der Waals surface area contributed by atoms with Crippen LogP contribution in [-0.2, 0) is 13.0 Å². The molecule has 0 aliphatic heterocycles. The Morgan fingerprint density at radius 1 is 1.40 bits per heavy atom. The Morgan fingerprint density at radius 3 is 2.75 bits per heavy atom. The minimum atomic E-state index is -0.982. The number of thiophene rings is 1. The van der Waals surface area contributed by atoms with Crippen LogP contribution in [0.1, 0.15) is 42.5 Å². The first kappa shape index (κ1) is 14.7. The summed E-state index contributed by atoms with van der Waals surface area (Å²) in [6, 6.07) is 1.94. The zero-order valence-electron chi connectivity index (χ0n) is 11.1. The fourth-order valence-electron chi connectivity index (χ4n) is 1.78. The summed E-state index contributed by atoms with van der Waals surface area (Å²) >= 11 is 2.50. The Labute approximate surface area is 124 Å². The number of carbonyl (C=O) groups is 2. The van der Waals surface area contributed by atoms with E-state index in [0.717, 1.165) is 23.3 Å². The number of rotatable bonds is 5. The van der Waals surface area contributed by atoms with Crippen molar-refractivity contribution in [3.05, 3.63) is 37.5 Å². The molecule has 0 fully saturated rings. The number of carbonyl (C=O) groups excluding carboxylic acids is 1. The van der Waals surface area contributed by atoms with Gasteiger partial charge in [-0.25, -0.2) is 9.78 Å². The Bertz CT molecular complexity index is 646. The second kappa shape index (κ2) is 6.15. The smallest absolute Gasteiger partial charge is 0.347 e. The van der Waals surface area contributed by atoms with E-state index in [2.05, 4.69) is 10.3 Å². The van der Waals surface area contributed by atoms with Crippen LogP contribution in [0.25, 0.3) is 0 Å². The standard InChI is InChI=1S/C13H14N2O3S2/c1-3-8-4-5-19-11(8)12(16)14-6-9-15-7(2)10(20-9)13(17)18/h4-5H,3,6H2,1-2H3,(H,14,16)(H,17,18).